The predicted molar refractivity (Wildman–Crippen MR) is 107 cm³/mol. The molecule has 0 aromatic carbocycles. The van der Waals surface area contributed by atoms with Gasteiger partial charge in [-0.1, -0.05) is 37.3 Å². The molecule has 0 bridgehead atoms. The van der Waals surface area contributed by atoms with Gasteiger partial charge in [-0.2, -0.15) is 0 Å². The average molecular weight is 376 g/mol. The molecular formula is C22H37N3O2. The molecule has 0 unspecified atom stereocenters. The lowest BCUT2D eigenvalue weighted by Gasteiger charge is -2.32. The number of nitrogens with zero attached hydrogens (tertiary/aromatic N) is 1. The molecule has 1 aromatic rings. The Bertz CT molecular complexity index is 599. The maximum atomic E-state index is 12.4. The van der Waals surface area contributed by atoms with Crippen LogP contribution in [0.1, 0.15) is 77.2 Å². The molecule has 2 fully saturated rings. The third-order valence-corrected chi connectivity index (χ3v) is 6.02. The van der Waals surface area contributed by atoms with Gasteiger partial charge in [0.15, 0.2) is 0 Å². The van der Waals surface area contributed by atoms with E-state index < -0.39 is 0 Å². The van der Waals surface area contributed by atoms with Gasteiger partial charge in [0, 0.05) is 24.4 Å². The minimum absolute atomic E-state index is 0.164. The first-order chi connectivity index (χ1) is 12.9. The van der Waals surface area contributed by atoms with Crippen molar-refractivity contribution in [3.8, 4) is 0 Å². The first-order valence-corrected chi connectivity index (χ1v) is 10.9. The molecule has 2 heterocycles. The minimum atomic E-state index is -0.167. The summed E-state index contributed by atoms with van der Waals surface area (Å²) in [6.45, 7) is 8.06. The molecule has 3 rings (SSSR count). The number of hydrogen-bond donors (Lipinski definition) is 2. The monoisotopic (exact) mass is 375 g/mol. The van der Waals surface area contributed by atoms with Gasteiger partial charge < -0.3 is 15.2 Å². The van der Waals surface area contributed by atoms with Gasteiger partial charge in [-0.3, -0.25) is 4.79 Å². The Morgan fingerprint density at radius 3 is 2.70 bits per heavy atom. The Kier molecular flexibility index (Phi) is 6.96. The molecule has 0 spiro atoms. The van der Waals surface area contributed by atoms with E-state index in [9.17, 15) is 4.79 Å². The summed E-state index contributed by atoms with van der Waals surface area (Å²) in [5.74, 6) is 2.83. The SMILES string of the molecule is CC(C)(C)NC(=O)C[C@@H]1CCNC[C@@H]1Cc1cc(CC2CCCCC2)on1. The zero-order valence-electron chi connectivity index (χ0n) is 17.4. The van der Waals surface area contributed by atoms with Crippen LogP contribution in [-0.2, 0) is 17.6 Å². The van der Waals surface area contributed by atoms with E-state index in [1.54, 1.807) is 0 Å². The first kappa shape index (κ1) is 20.4. The van der Waals surface area contributed by atoms with Crippen molar-refractivity contribution in [2.24, 2.45) is 17.8 Å². The van der Waals surface area contributed by atoms with E-state index in [1.165, 1.54) is 32.1 Å². The first-order valence-electron chi connectivity index (χ1n) is 10.9. The van der Waals surface area contributed by atoms with Crippen LogP contribution in [0.25, 0.3) is 0 Å². The Morgan fingerprint density at radius 1 is 1.19 bits per heavy atom. The van der Waals surface area contributed by atoms with Gasteiger partial charge in [-0.25, -0.2) is 0 Å². The third kappa shape index (κ3) is 6.63. The summed E-state index contributed by atoms with van der Waals surface area (Å²) in [5, 5.41) is 10.9. The molecule has 2 atom stereocenters. The van der Waals surface area contributed by atoms with Crippen LogP contribution in [0.4, 0.5) is 0 Å². The fraction of sp³-hybridized carbons (Fsp3) is 0.818. The highest BCUT2D eigenvalue weighted by Crippen LogP contribution is 2.29. The van der Waals surface area contributed by atoms with Gasteiger partial charge in [-0.15, -0.1) is 0 Å². The molecule has 1 aromatic heterocycles. The van der Waals surface area contributed by atoms with Crippen molar-refractivity contribution in [1.82, 2.24) is 15.8 Å². The highest BCUT2D eigenvalue weighted by Gasteiger charge is 2.29. The van der Waals surface area contributed by atoms with Crippen molar-refractivity contribution in [2.45, 2.75) is 84.1 Å². The van der Waals surface area contributed by atoms with E-state index >= 15 is 0 Å². The lowest BCUT2D eigenvalue weighted by atomic mass is 9.80. The van der Waals surface area contributed by atoms with Crippen LogP contribution in [0.3, 0.4) is 0 Å². The van der Waals surface area contributed by atoms with E-state index in [1.807, 2.05) is 20.8 Å². The Balaban J connectivity index is 1.53. The molecule has 1 amide bonds. The number of amides is 1. The molecule has 5 nitrogen and oxygen atoms in total. The molecule has 152 valence electrons. The van der Waals surface area contributed by atoms with Crippen molar-refractivity contribution < 1.29 is 9.32 Å². The number of hydrogen-bond acceptors (Lipinski definition) is 4. The fourth-order valence-electron chi connectivity index (χ4n) is 4.68. The van der Waals surface area contributed by atoms with Gasteiger partial charge in [0.05, 0.1) is 5.69 Å². The number of rotatable bonds is 6. The van der Waals surface area contributed by atoms with Gasteiger partial charge in [-0.05, 0) is 64.5 Å². The third-order valence-electron chi connectivity index (χ3n) is 6.02. The van der Waals surface area contributed by atoms with Crippen LogP contribution < -0.4 is 10.6 Å². The van der Waals surface area contributed by atoms with Crippen molar-refractivity contribution >= 4 is 5.91 Å². The Morgan fingerprint density at radius 2 is 1.96 bits per heavy atom. The predicted octanol–water partition coefficient (Wildman–Crippen LogP) is 3.87. The highest BCUT2D eigenvalue weighted by atomic mass is 16.5. The maximum absolute atomic E-state index is 12.4. The largest absolute Gasteiger partial charge is 0.361 e. The second-order valence-corrected chi connectivity index (χ2v) is 9.71. The number of aromatic nitrogens is 1. The molecule has 1 aliphatic carbocycles. The van der Waals surface area contributed by atoms with E-state index in [0.29, 0.717) is 18.3 Å². The van der Waals surface area contributed by atoms with Crippen molar-refractivity contribution in [2.75, 3.05) is 13.1 Å². The van der Waals surface area contributed by atoms with Gasteiger partial charge >= 0.3 is 0 Å². The average Bonchev–Trinajstić information content (AvgIpc) is 3.03. The van der Waals surface area contributed by atoms with E-state index in [2.05, 4.69) is 21.9 Å². The number of carbonyl (C=O) groups is 1. The standard InChI is InChI=1S/C22H37N3O2/c1-22(2,3)24-21(26)13-17-9-10-23-15-18(17)12-19-14-20(27-25-19)11-16-7-5-4-6-8-16/h14,16-18,23H,4-13,15H2,1-3H3,(H,24,26)/t17-,18-/m0/s1. The molecule has 2 aliphatic rings. The summed E-state index contributed by atoms with van der Waals surface area (Å²) in [6.07, 6.45) is 10.3. The van der Waals surface area contributed by atoms with Crippen molar-refractivity contribution in [3.05, 3.63) is 17.5 Å². The van der Waals surface area contributed by atoms with Crippen LogP contribution in [0, 0.1) is 17.8 Å². The van der Waals surface area contributed by atoms with E-state index in [-0.39, 0.29) is 11.4 Å². The van der Waals surface area contributed by atoms with Crippen LogP contribution in [-0.4, -0.2) is 29.7 Å². The van der Waals surface area contributed by atoms with Crippen LogP contribution in [0.5, 0.6) is 0 Å². The van der Waals surface area contributed by atoms with Crippen molar-refractivity contribution in [1.29, 1.82) is 0 Å². The molecule has 5 heteroatoms. The summed E-state index contributed by atoms with van der Waals surface area (Å²) >= 11 is 0. The lowest BCUT2D eigenvalue weighted by Crippen LogP contribution is -2.44. The number of carbonyl (C=O) groups excluding carboxylic acids is 1. The molecule has 1 saturated carbocycles. The quantitative estimate of drug-likeness (QED) is 0.792. The second-order valence-electron chi connectivity index (χ2n) is 9.71. The zero-order chi connectivity index (χ0) is 19.3. The smallest absolute Gasteiger partial charge is 0.220 e. The van der Waals surface area contributed by atoms with Crippen LogP contribution in [0.2, 0.25) is 0 Å². The summed E-state index contributed by atoms with van der Waals surface area (Å²) in [6, 6.07) is 2.16. The number of piperidine rings is 1. The fourth-order valence-corrected chi connectivity index (χ4v) is 4.68. The Labute approximate surface area is 164 Å². The zero-order valence-corrected chi connectivity index (χ0v) is 17.4. The normalized spacial score (nSPS) is 24.7. The lowest BCUT2D eigenvalue weighted by molar-refractivity contribution is -0.124. The summed E-state index contributed by atoms with van der Waals surface area (Å²) in [7, 11) is 0. The van der Waals surface area contributed by atoms with E-state index in [4.69, 9.17) is 4.52 Å². The van der Waals surface area contributed by atoms with Crippen molar-refractivity contribution in [3.63, 3.8) is 0 Å². The maximum Gasteiger partial charge on any atom is 0.220 e. The summed E-state index contributed by atoms with van der Waals surface area (Å²) < 4.78 is 5.64. The minimum Gasteiger partial charge on any atom is -0.361 e. The summed E-state index contributed by atoms with van der Waals surface area (Å²) in [4.78, 5) is 12.4. The van der Waals surface area contributed by atoms with Crippen LogP contribution in [0.15, 0.2) is 10.6 Å². The molecule has 1 saturated heterocycles. The summed E-state index contributed by atoms with van der Waals surface area (Å²) in [5.41, 5.74) is 0.885. The number of nitrogens with one attached hydrogen (secondary N) is 2. The molecule has 0 radical (unpaired) electrons. The topological polar surface area (TPSA) is 67.2 Å². The van der Waals surface area contributed by atoms with Gasteiger partial charge in [0.2, 0.25) is 5.91 Å². The van der Waals surface area contributed by atoms with E-state index in [0.717, 1.165) is 49.7 Å². The Hall–Kier alpha value is -1.36. The highest BCUT2D eigenvalue weighted by molar-refractivity contribution is 5.76. The molecular weight excluding hydrogens is 338 g/mol. The second kappa shape index (κ2) is 9.22. The molecule has 27 heavy (non-hydrogen) atoms. The van der Waals surface area contributed by atoms with Gasteiger partial charge in [0.1, 0.15) is 5.76 Å². The van der Waals surface area contributed by atoms with Crippen LogP contribution >= 0.6 is 0 Å². The van der Waals surface area contributed by atoms with Gasteiger partial charge in [0.25, 0.3) is 0 Å². The molecule has 2 N–H and O–H groups in total. The molecule has 1 aliphatic heterocycles.